The lowest BCUT2D eigenvalue weighted by Crippen LogP contribution is -2.12. The SMILES string of the molecule is CC1=CC2=C(CC1)CN=C2N. The van der Waals surface area contributed by atoms with Crippen LogP contribution >= 0.6 is 0 Å². The highest BCUT2D eigenvalue weighted by Gasteiger charge is 2.17. The van der Waals surface area contributed by atoms with Gasteiger partial charge in [0.1, 0.15) is 5.84 Å². The van der Waals surface area contributed by atoms with Gasteiger partial charge in [0.2, 0.25) is 0 Å². The van der Waals surface area contributed by atoms with Gasteiger partial charge in [0, 0.05) is 5.57 Å². The summed E-state index contributed by atoms with van der Waals surface area (Å²) >= 11 is 0. The van der Waals surface area contributed by atoms with Crippen LogP contribution in [0.2, 0.25) is 0 Å². The molecule has 11 heavy (non-hydrogen) atoms. The van der Waals surface area contributed by atoms with Crippen molar-refractivity contribution in [1.82, 2.24) is 0 Å². The fourth-order valence-corrected chi connectivity index (χ4v) is 1.59. The lowest BCUT2D eigenvalue weighted by atomic mass is 9.94. The largest absolute Gasteiger partial charge is 0.383 e. The van der Waals surface area contributed by atoms with Gasteiger partial charge in [0.25, 0.3) is 0 Å². The number of rotatable bonds is 0. The van der Waals surface area contributed by atoms with E-state index in [1.807, 2.05) is 0 Å². The van der Waals surface area contributed by atoms with Crippen LogP contribution in [0.25, 0.3) is 0 Å². The van der Waals surface area contributed by atoms with Crippen molar-refractivity contribution in [1.29, 1.82) is 0 Å². The number of amidine groups is 1. The van der Waals surface area contributed by atoms with E-state index in [2.05, 4.69) is 18.0 Å². The van der Waals surface area contributed by atoms with Crippen molar-refractivity contribution in [2.75, 3.05) is 6.54 Å². The molecule has 2 heteroatoms. The summed E-state index contributed by atoms with van der Waals surface area (Å²) < 4.78 is 0. The molecule has 1 aliphatic heterocycles. The van der Waals surface area contributed by atoms with Crippen LogP contribution in [0.15, 0.2) is 27.8 Å². The average Bonchev–Trinajstić information content (AvgIpc) is 2.33. The average molecular weight is 148 g/mol. The van der Waals surface area contributed by atoms with Gasteiger partial charge in [-0.05, 0) is 25.3 Å². The second-order valence-corrected chi connectivity index (χ2v) is 3.21. The van der Waals surface area contributed by atoms with Gasteiger partial charge in [0.15, 0.2) is 0 Å². The highest BCUT2D eigenvalue weighted by Crippen LogP contribution is 2.27. The molecule has 0 aromatic heterocycles. The molecule has 1 aliphatic carbocycles. The van der Waals surface area contributed by atoms with Crippen LogP contribution in [0.3, 0.4) is 0 Å². The molecule has 0 amide bonds. The summed E-state index contributed by atoms with van der Waals surface area (Å²) in [6.07, 6.45) is 4.51. The van der Waals surface area contributed by atoms with E-state index in [4.69, 9.17) is 5.73 Å². The van der Waals surface area contributed by atoms with Gasteiger partial charge in [0.05, 0.1) is 6.54 Å². The third kappa shape index (κ3) is 0.985. The van der Waals surface area contributed by atoms with Gasteiger partial charge < -0.3 is 5.73 Å². The minimum atomic E-state index is 0.735. The molecule has 2 aliphatic rings. The molecule has 0 aromatic rings. The van der Waals surface area contributed by atoms with E-state index in [-0.39, 0.29) is 0 Å². The minimum Gasteiger partial charge on any atom is -0.383 e. The summed E-state index contributed by atoms with van der Waals surface area (Å²) in [6, 6.07) is 0. The maximum atomic E-state index is 5.70. The number of nitrogens with zero attached hydrogens (tertiary/aromatic N) is 1. The van der Waals surface area contributed by atoms with Crippen molar-refractivity contribution >= 4 is 5.84 Å². The molecule has 1 heterocycles. The van der Waals surface area contributed by atoms with E-state index in [9.17, 15) is 0 Å². The molecule has 2 nitrogen and oxygen atoms in total. The maximum absolute atomic E-state index is 5.70. The number of aliphatic imine (C=N–C) groups is 1. The Bertz CT molecular complexity index is 282. The molecule has 0 aromatic carbocycles. The third-order valence-electron chi connectivity index (χ3n) is 2.31. The molecule has 0 fully saturated rings. The van der Waals surface area contributed by atoms with E-state index in [1.165, 1.54) is 23.1 Å². The second kappa shape index (κ2) is 2.22. The normalized spacial score (nSPS) is 23.0. The molecule has 0 unspecified atom stereocenters. The Balaban J connectivity index is 2.39. The summed E-state index contributed by atoms with van der Waals surface area (Å²) in [5, 5.41) is 0. The van der Waals surface area contributed by atoms with E-state index in [1.54, 1.807) is 0 Å². The van der Waals surface area contributed by atoms with Crippen LogP contribution in [0, 0.1) is 0 Å². The molecule has 0 saturated carbocycles. The number of nitrogens with two attached hydrogens (primary N) is 1. The number of hydrogen-bond donors (Lipinski definition) is 1. The van der Waals surface area contributed by atoms with Crippen molar-refractivity contribution in [3.63, 3.8) is 0 Å². The van der Waals surface area contributed by atoms with Gasteiger partial charge in [-0.1, -0.05) is 11.6 Å². The minimum absolute atomic E-state index is 0.735. The van der Waals surface area contributed by atoms with Crippen molar-refractivity contribution in [2.45, 2.75) is 19.8 Å². The summed E-state index contributed by atoms with van der Waals surface area (Å²) in [5.74, 6) is 0.735. The van der Waals surface area contributed by atoms with Crippen LogP contribution in [0.5, 0.6) is 0 Å². The van der Waals surface area contributed by atoms with Crippen LogP contribution < -0.4 is 5.73 Å². The van der Waals surface area contributed by atoms with Crippen molar-refractivity contribution in [2.24, 2.45) is 10.7 Å². The van der Waals surface area contributed by atoms with Gasteiger partial charge >= 0.3 is 0 Å². The van der Waals surface area contributed by atoms with E-state index >= 15 is 0 Å². The molecule has 0 saturated heterocycles. The zero-order valence-corrected chi connectivity index (χ0v) is 6.72. The molecular weight excluding hydrogens is 136 g/mol. The van der Waals surface area contributed by atoms with E-state index in [0.29, 0.717) is 0 Å². The number of hydrogen-bond acceptors (Lipinski definition) is 2. The fourth-order valence-electron chi connectivity index (χ4n) is 1.59. The predicted octanol–water partition coefficient (Wildman–Crippen LogP) is 1.39. The first-order valence-corrected chi connectivity index (χ1v) is 3.97. The highest BCUT2D eigenvalue weighted by molar-refractivity contribution is 6.02. The van der Waals surface area contributed by atoms with Gasteiger partial charge in [-0.2, -0.15) is 0 Å². The highest BCUT2D eigenvalue weighted by atomic mass is 14.9. The Morgan fingerprint density at radius 1 is 1.45 bits per heavy atom. The molecule has 2 rings (SSSR count). The second-order valence-electron chi connectivity index (χ2n) is 3.21. The molecule has 0 bridgehead atoms. The first-order chi connectivity index (χ1) is 5.27. The Hall–Kier alpha value is -1.05. The van der Waals surface area contributed by atoms with Crippen LogP contribution in [0.4, 0.5) is 0 Å². The first kappa shape index (κ1) is 6.65. The molecule has 2 N–H and O–H groups in total. The molecule has 58 valence electrons. The third-order valence-corrected chi connectivity index (χ3v) is 2.31. The summed E-state index contributed by atoms with van der Waals surface area (Å²) in [5.41, 5.74) is 9.75. The molecular formula is C9H12N2. The van der Waals surface area contributed by atoms with Gasteiger partial charge in [-0.3, -0.25) is 4.99 Å². The van der Waals surface area contributed by atoms with Crippen LogP contribution in [0.1, 0.15) is 19.8 Å². The lowest BCUT2D eigenvalue weighted by Gasteiger charge is -2.11. The quantitative estimate of drug-likeness (QED) is 0.554. The first-order valence-electron chi connectivity index (χ1n) is 3.97. The van der Waals surface area contributed by atoms with Gasteiger partial charge in [-0.15, -0.1) is 0 Å². The van der Waals surface area contributed by atoms with E-state index < -0.39 is 0 Å². The Morgan fingerprint density at radius 3 is 3.09 bits per heavy atom. The topological polar surface area (TPSA) is 38.4 Å². The van der Waals surface area contributed by atoms with Gasteiger partial charge in [-0.25, -0.2) is 0 Å². The molecule has 0 radical (unpaired) electrons. The molecule has 0 atom stereocenters. The Kier molecular flexibility index (Phi) is 1.34. The van der Waals surface area contributed by atoms with Crippen molar-refractivity contribution in [3.05, 3.63) is 22.8 Å². The van der Waals surface area contributed by atoms with Crippen LogP contribution in [-0.4, -0.2) is 12.4 Å². The maximum Gasteiger partial charge on any atom is 0.125 e. The van der Waals surface area contributed by atoms with Crippen molar-refractivity contribution in [3.8, 4) is 0 Å². The van der Waals surface area contributed by atoms with Crippen LogP contribution in [-0.2, 0) is 0 Å². The zero-order chi connectivity index (χ0) is 7.84. The van der Waals surface area contributed by atoms with Crippen molar-refractivity contribution < 1.29 is 0 Å². The Morgan fingerprint density at radius 2 is 2.27 bits per heavy atom. The summed E-state index contributed by atoms with van der Waals surface area (Å²) in [7, 11) is 0. The monoisotopic (exact) mass is 148 g/mol. The fraction of sp³-hybridized carbons (Fsp3) is 0.444. The number of allylic oxidation sites excluding steroid dienone is 1. The lowest BCUT2D eigenvalue weighted by molar-refractivity contribution is 0.881. The zero-order valence-electron chi connectivity index (χ0n) is 6.72. The van der Waals surface area contributed by atoms with E-state index in [0.717, 1.165) is 18.8 Å². The Labute approximate surface area is 66.5 Å². The smallest absolute Gasteiger partial charge is 0.125 e. The standard InChI is InChI=1S/C9H12N2/c1-6-2-3-7-5-11-9(10)8(7)4-6/h4H,2-3,5H2,1H3,(H2,10,11). The summed E-state index contributed by atoms with van der Waals surface area (Å²) in [4.78, 5) is 4.19. The molecule has 0 spiro atoms. The predicted molar refractivity (Wildman–Crippen MR) is 46.5 cm³/mol. The summed E-state index contributed by atoms with van der Waals surface area (Å²) in [6.45, 7) is 2.99.